The van der Waals surface area contributed by atoms with Crippen LogP contribution in [0.25, 0.3) is 0 Å². The molecule has 0 aliphatic carbocycles. The number of aryl methyl sites for hydroxylation is 2. The number of hydrogen-bond donors (Lipinski definition) is 1. The lowest BCUT2D eigenvalue weighted by Crippen LogP contribution is -2.39. The van der Waals surface area contributed by atoms with Crippen molar-refractivity contribution in [1.29, 1.82) is 0 Å². The molecule has 2 amide bonds. The van der Waals surface area contributed by atoms with Crippen LogP contribution in [-0.4, -0.2) is 18.4 Å². The molecule has 1 aliphatic heterocycles. The summed E-state index contributed by atoms with van der Waals surface area (Å²) >= 11 is 0. The van der Waals surface area contributed by atoms with Crippen LogP contribution >= 0.6 is 0 Å². The smallest absolute Gasteiger partial charge is 0.326 e. The number of anilines is 2. The number of para-hydroxylation sites is 1. The van der Waals surface area contributed by atoms with Gasteiger partial charge in [-0.2, -0.15) is 13.2 Å². The Morgan fingerprint density at radius 1 is 1.14 bits per heavy atom. The van der Waals surface area contributed by atoms with Crippen molar-refractivity contribution in [2.45, 2.75) is 39.8 Å². The molecule has 0 bridgehead atoms. The fourth-order valence-corrected chi connectivity index (χ4v) is 3.85. The van der Waals surface area contributed by atoms with Crippen molar-refractivity contribution >= 4 is 23.2 Å². The summed E-state index contributed by atoms with van der Waals surface area (Å²) in [6.45, 7) is 5.82. The van der Waals surface area contributed by atoms with E-state index >= 15 is 0 Å². The third kappa shape index (κ3) is 3.99. The molecular weight excluding hydrogens is 381 g/mol. The zero-order valence-corrected chi connectivity index (χ0v) is 16.6. The Balaban J connectivity index is 1.87. The van der Waals surface area contributed by atoms with Crippen LogP contribution in [0.4, 0.5) is 24.5 Å². The molecule has 2 aromatic carbocycles. The van der Waals surface area contributed by atoms with Gasteiger partial charge in [0.1, 0.15) is 0 Å². The molecule has 1 atom stereocenters. The topological polar surface area (TPSA) is 49.4 Å². The molecule has 0 radical (unpaired) electrons. The Kier molecular flexibility index (Phi) is 5.43. The molecule has 0 spiro atoms. The number of rotatable bonds is 4. The van der Waals surface area contributed by atoms with E-state index in [-0.39, 0.29) is 24.6 Å². The van der Waals surface area contributed by atoms with Crippen molar-refractivity contribution in [1.82, 2.24) is 0 Å². The van der Waals surface area contributed by atoms with Crippen LogP contribution in [0.3, 0.4) is 0 Å². The lowest BCUT2D eigenvalue weighted by molar-refractivity contribution is -0.137. The molecule has 1 unspecified atom stereocenters. The van der Waals surface area contributed by atoms with Gasteiger partial charge in [0.15, 0.2) is 0 Å². The number of nitrogens with one attached hydrogen (secondary N) is 1. The number of benzene rings is 2. The zero-order valence-electron chi connectivity index (χ0n) is 16.6. The summed E-state index contributed by atoms with van der Waals surface area (Å²) in [5, 5.41) is 2.59. The summed E-state index contributed by atoms with van der Waals surface area (Å²) in [7, 11) is 0. The molecule has 1 saturated heterocycles. The first-order chi connectivity index (χ1) is 13.6. The number of hydrogen-bond acceptors (Lipinski definition) is 2. The van der Waals surface area contributed by atoms with Crippen molar-refractivity contribution in [3.8, 4) is 0 Å². The molecule has 4 nitrogen and oxygen atoms in total. The molecule has 7 heteroatoms. The standard InChI is InChI=1S/C22H23F3N2O2/c1-4-21(20(29)26-17-10-6-9-16(11-17)22(23,24)25)12-18(28)27(13-21)19-14(2)7-5-8-15(19)3/h5-11H,4,12-13H2,1-3H3,(H,26,29). The van der Waals surface area contributed by atoms with Gasteiger partial charge < -0.3 is 10.2 Å². The quantitative estimate of drug-likeness (QED) is 0.771. The summed E-state index contributed by atoms with van der Waals surface area (Å²) in [6, 6.07) is 10.2. The second-order valence-electron chi connectivity index (χ2n) is 7.56. The second-order valence-corrected chi connectivity index (χ2v) is 7.56. The first-order valence-corrected chi connectivity index (χ1v) is 9.43. The van der Waals surface area contributed by atoms with Gasteiger partial charge in [0, 0.05) is 24.3 Å². The lowest BCUT2D eigenvalue weighted by atomic mass is 9.83. The Morgan fingerprint density at radius 3 is 2.34 bits per heavy atom. The van der Waals surface area contributed by atoms with Crippen LogP contribution in [0.15, 0.2) is 42.5 Å². The summed E-state index contributed by atoms with van der Waals surface area (Å²) < 4.78 is 38.8. The van der Waals surface area contributed by atoms with E-state index in [1.807, 2.05) is 39.0 Å². The molecule has 3 rings (SSSR count). The largest absolute Gasteiger partial charge is 0.416 e. The fraction of sp³-hybridized carbons (Fsp3) is 0.364. The van der Waals surface area contributed by atoms with Crippen molar-refractivity contribution in [3.63, 3.8) is 0 Å². The molecule has 154 valence electrons. The molecule has 0 saturated carbocycles. The van der Waals surface area contributed by atoms with E-state index in [0.29, 0.717) is 6.42 Å². The van der Waals surface area contributed by atoms with Crippen LogP contribution in [0.5, 0.6) is 0 Å². The Morgan fingerprint density at radius 2 is 1.76 bits per heavy atom. The van der Waals surface area contributed by atoms with E-state index in [9.17, 15) is 22.8 Å². The van der Waals surface area contributed by atoms with E-state index in [2.05, 4.69) is 5.32 Å². The summed E-state index contributed by atoms with van der Waals surface area (Å²) in [4.78, 5) is 27.5. The third-order valence-electron chi connectivity index (χ3n) is 5.57. The molecule has 29 heavy (non-hydrogen) atoms. The van der Waals surface area contributed by atoms with Gasteiger partial charge in [-0.15, -0.1) is 0 Å². The van der Waals surface area contributed by atoms with Gasteiger partial charge in [0.2, 0.25) is 11.8 Å². The average molecular weight is 404 g/mol. The predicted molar refractivity (Wildman–Crippen MR) is 106 cm³/mol. The highest BCUT2D eigenvalue weighted by molar-refractivity contribution is 6.06. The monoisotopic (exact) mass is 404 g/mol. The number of carbonyl (C=O) groups excluding carboxylic acids is 2. The first kappa shape index (κ1) is 20.9. The average Bonchev–Trinajstić information content (AvgIpc) is 2.99. The first-order valence-electron chi connectivity index (χ1n) is 9.43. The number of halogens is 3. The van der Waals surface area contributed by atoms with Gasteiger partial charge >= 0.3 is 6.18 Å². The Labute approximate surface area is 167 Å². The fourth-order valence-electron chi connectivity index (χ4n) is 3.85. The van der Waals surface area contributed by atoms with Crippen molar-refractivity contribution in [2.24, 2.45) is 5.41 Å². The lowest BCUT2D eigenvalue weighted by Gasteiger charge is -2.27. The zero-order chi connectivity index (χ0) is 21.4. The van der Waals surface area contributed by atoms with Crippen LogP contribution in [-0.2, 0) is 15.8 Å². The van der Waals surface area contributed by atoms with Crippen LogP contribution < -0.4 is 10.2 Å². The molecule has 1 fully saturated rings. The minimum absolute atomic E-state index is 0.0159. The summed E-state index contributed by atoms with van der Waals surface area (Å²) in [5.41, 5.74) is 0.892. The molecular formula is C22H23F3N2O2. The van der Waals surface area contributed by atoms with Gasteiger partial charge in [-0.25, -0.2) is 0 Å². The van der Waals surface area contributed by atoms with Crippen LogP contribution in [0, 0.1) is 19.3 Å². The highest BCUT2D eigenvalue weighted by Gasteiger charge is 2.48. The van der Waals surface area contributed by atoms with E-state index in [4.69, 9.17) is 0 Å². The molecule has 2 aromatic rings. The Bertz CT molecular complexity index is 935. The maximum atomic E-state index is 13.0. The molecule has 1 aliphatic rings. The van der Waals surface area contributed by atoms with E-state index in [1.165, 1.54) is 12.1 Å². The van der Waals surface area contributed by atoms with Gasteiger partial charge in [-0.1, -0.05) is 31.2 Å². The number of carbonyl (C=O) groups is 2. The predicted octanol–water partition coefficient (Wildman–Crippen LogP) is 5.09. The maximum Gasteiger partial charge on any atom is 0.416 e. The van der Waals surface area contributed by atoms with E-state index in [1.54, 1.807) is 4.90 Å². The highest BCUT2D eigenvalue weighted by Crippen LogP contribution is 2.40. The van der Waals surface area contributed by atoms with Gasteiger partial charge in [0.25, 0.3) is 0 Å². The van der Waals surface area contributed by atoms with Crippen LogP contribution in [0.2, 0.25) is 0 Å². The molecule has 0 aromatic heterocycles. The second kappa shape index (κ2) is 7.54. The third-order valence-corrected chi connectivity index (χ3v) is 5.57. The number of alkyl halides is 3. The minimum Gasteiger partial charge on any atom is -0.326 e. The van der Waals surface area contributed by atoms with Crippen molar-refractivity contribution in [3.05, 3.63) is 59.2 Å². The van der Waals surface area contributed by atoms with Gasteiger partial charge in [0.05, 0.1) is 11.0 Å². The number of nitrogens with zero attached hydrogens (tertiary/aromatic N) is 1. The molecule has 1 heterocycles. The van der Waals surface area contributed by atoms with E-state index in [0.717, 1.165) is 28.9 Å². The highest BCUT2D eigenvalue weighted by atomic mass is 19.4. The summed E-state index contributed by atoms with van der Waals surface area (Å²) in [6.07, 6.45) is -4.08. The Hall–Kier alpha value is -2.83. The van der Waals surface area contributed by atoms with Crippen molar-refractivity contribution in [2.75, 3.05) is 16.8 Å². The van der Waals surface area contributed by atoms with E-state index < -0.39 is 23.1 Å². The molecule has 1 N–H and O–H groups in total. The SMILES string of the molecule is CCC1(C(=O)Nc2cccc(C(F)(F)F)c2)CC(=O)N(c2c(C)cccc2C)C1. The minimum atomic E-state index is -4.49. The normalized spacial score (nSPS) is 19.5. The van der Waals surface area contributed by atoms with Crippen LogP contribution in [0.1, 0.15) is 36.5 Å². The number of amides is 2. The van der Waals surface area contributed by atoms with Gasteiger partial charge in [-0.3, -0.25) is 9.59 Å². The maximum absolute atomic E-state index is 13.0. The summed E-state index contributed by atoms with van der Waals surface area (Å²) in [5.74, 6) is -0.607. The van der Waals surface area contributed by atoms with Crippen molar-refractivity contribution < 1.29 is 22.8 Å². The van der Waals surface area contributed by atoms with Gasteiger partial charge in [-0.05, 0) is 49.6 Å².